The van der Waals surface area contributed by atoms with Crippen LogP contribution in [0, 0.1) is 11.8 Å². The number of ether oxygens (including phenoxy) is 1. The fourth-order valence-electron chi connectivity index (χ4n) is 2.51. The summed E-state index contributed by atoms with van der Waals surface area (Å²) in [4.78, 5) is 18.1. The first-order valence-corrected chi connectivity index (χ1v) is 7.17. The summed E-state index contributed by atoms with van der Waals surface area (Å²) in [6.45, 7) is 6.77. The van der Waals surface area contributed by atoms with E-state index in [9.17, 15) is 4.79 Å². The molecule has 5 heteroatoms. The molecule has 1 saturated heterocycles. The monoisotopic (exact) mass is 269 g/mol. The third-order valence-electron chi connectivity index (χ3n) is 3.69. The predicted molar refractivity (Wildman–Crippen MR) is 77.1 cm³/mol. The van der Waals surface area contributed by atoms with Gasteiger partial charge in [0.25, 0.3) is 0 Å². The van der Waals surface area contributed by atoms with Crippen LogP contribution in [0.5, 0.6) is 0 Å². The van der Waals surface area contributed by atoms with Crippen LogP contribution in [-0.2, 0) is 9.53 Å². The van der Waals surface area contributed by atoms with Crippen LogP contribution in [0.15, 0.2) is 4.99 Å². The Labute approximate surface area is 116 Å². The molecule has 0 aliphatic carbocycles. The van der Waals surface area contributed by atoms with Crippen LogP contribution in [0.1, 0.15) is 33.1 Å². The Kier molecular flexibility index (Phi) is 6.67. The summed E-state index contributed by atoms with van der Waals surface area (Å²) in [6, 6.07) is 0. The molecule has 0 aromatic rings. The number of hydrogen-bond donors (Lipinski definition) is 1. The second-order valence-electron chi connectivity index (χ2n) is 5.19. The summed E-state index contributed by atoms with van der Waals surface area (Å²) in [5.74, 6) is 1.05. The molecule has 2 unspecified atom stereocenters. The maximum atomic E-state index is 11.7. The lowest BCUT2D eigenvalue weighted by atomic mass is 9.99. The van der Waals surface area contributed by atoms with E-state index in [1.165, 1.54) is 20.0 Å². The molecular formula is C14H27N3O2. The number of likely N-dealkylation sites (tertiary alicyclic amines) is 1. The molecule has 0 amide bonds. The van der Waals surface area contributed by atoms with Gasteiger partial charge in [0.1, 0.15) is 0 Å². The Balaban J connectivity index is 2.48. The van der Waals surface area contributed by atoms with Crippen LogP contribution in [0.25, 0.3) is 0 Å². The molecule has 0 saturated carbocycles. The second kappa shape index (κ2) is 8.02. The Morgan fingerprint density at radius 3 is 2.74 bits per heavy atom. The number of rotatable bonds is 5. The first-order chi connectivity index (χ1) is 9.13. The third kappa shape index (κ3) is 4.40. The molecule has 110 valence electrons. The van der Waals surface area contributed by atoms with E-state index in [0.29, 0.717) is 12.5 Å². The van der Waals surface area contributed by atoms with E-state index in [-0.39, 0.29) is 11.9 Å². The minimum absolute atomic E-state index is 0.0424. The summed E-state index contributed by atoms with van der Waals surface area (Å²) < 4.78 is 4.85. The van der Waals surface area contributed by atoms with Crippen molar-refractivity contribution in [3.05, 3.63) is 0 Å². The molecule has 1 rings (SSSR count). The van der Waals surface area contributed by atoms with Gasteiger partial charge in [-0.2, -0.15) is 0 Å². The minimum Gasteiger partial charge on any atom is -0.469 e. The summed E-state index contributed by atoms with van der Waals surface area (Å²) in [6.07, 6.45) is 3.59. The number of aliphatic imine (C=N–C) groups is 1. The first kappa shape index (κ1) is 15.8. The second-order valence-corrected chi connectivity index (χ2v) is 5.19. The van der Waals surface area contributed by atoms with Crippen LogP contribution in [0.2, 0.25) is 0 Å². The van der Waals surface area contributed by atoms with Crippen LogP contribution < -0.4 is 5.32 Å². The van der Waals surface area contributed by atoms with Gasteiger partial charge in [-0.05, 0) is 12.3 Å². The third-order valence-corrected chi connectivity index (χ3v) is 3.69. The lowest BCUT2D eigenvalue weighted by Crippen LogP contribution is -2.41. The van der Waals surface area contributed by atoms with Gasteiger partial charge in [0, 0.05) is 26.7 Å². The normalized spacial score (nSPS) is 23.6. The molecule has 1 aliphatic heterocycles. The molecule has 1 aliphatic rings. The highest BCUT2D eigenvalue weighted by Gasteiger charge is 2.36. The zero-order valence-electron chi connectivity index (χ0n) is 12.6. The van der Waals surface area contributed by atoms with E-state index in [0.717, 1.165) is 25.5 Å². The number of guanidine groups is 1. The smallest absolute Gasteiger partial charge is 0.310 e. The fourth-order valence-corrected chi connectivity index (χ4v) is 2.51. The number of unbranched alkanes of at least 4 members (excludes halogenated alkanes) is 2. The minimum atomic E-state index is -0.114. The van der Waals surface area contributed by atoms with Crippen LogP contribution in [-0.4, -0.2) is 50.6 Å². The number of carbonyl (C=O) groups is 1. The van der Waals surface area contributed by atoms with Crippen molar-refractivity contribution in [2.45, 2.75) is 33.1 Å². The van der Waals surface area contributed by atoms with Crippen LogP contribution in [0.4, 0.5) is 0 Å². The van der Waals surface area contributed by atoms with Crippen molar-refractivity contribution in [1.29, 1.82) is 0 Å². The lowest BCUT2D eigenvalue weighted by molar-refractivity contribution is -0.145. The van der Waals surface area contributed by atoms with Crippen LogP contribution in [0.3, 0.4) is 0 Å². The SMILES string of the molecule is CCCCCNC(=NC)N1CC(C)C(C(=O)OC)C1. The lowest BCUT2D eigenvalue weighted by Gasteiger charge is -2.21. The topological polar surface area (TPSA) is 53.9 Å². The molecule has 0 bridgehead atoms. The summed E-state index contributed by atoms with van der Waals surface area (Å²) in [5, 5.41) is 3.37. The highest BCUT2D eigenvalue weighted by Crippen LogP contribution is 2.23. The van der Waals surface area contributed by atoms with Crippen molar-refractivity contribution in [3.8, 4) is 0 Å². The fraction of sp³-hybridized carbons (Fsp3) is 0.857. The van der Waals surface area contributed by atoms with Gasteiger partial charge in [0.2, 0.25) is 0 Å². The van der Waals surface area contributed by atoms with Crippen molar-refractivity contribution in [1.82, 2.24) is 10.2 Å². The van der Waals surface area contributed by atoms with Gasteiger partial charge in [-0.1, -0.05) is 26.7 Å². The number of nitrogens with one attached hydrogen (secondary N) is 1. The Hall–Kier alpha value is -1.26. The molecule has 2 atom stereocenters. The van der Waals surface area contributed by atoms with E-state index < -0.39 is 0 Å². The molecule has 0 aromatic carbocycles. The number of carbonyl (C=O) groups excluding carboxylic acids is 1. The first-order valence-electron chi connectivity index (χ1n) is 7.17. The molecule has 1 fully saturated rings. The van der Waals surface area contributed by atoms with E-state index in [2.05, 4.69) is 29.1 Å². The summed E-state index contributed by atoms with van der Waals surface area (Å²) in [7, 11) is 3.24. The molecule has 0 spiro atoms. The standard InChI is InChI=1S/C14H27N3O2/c1-5-6-7-8-16-14(15-3)17-9-11(2)12(10-17)13(18)19-4/h11-12H,5-10H2,1-4H3,(H,15,16). The molecule has 19 heavy (non-hydrogen) atoms. The Morgan fingerprint density at radius 2 is 2.16 bits per heavy atom. The predicted octanol–water partition coefficient (Wildman–Crippen LogP) is 1.49. The van der Waals surface area contributed by atoms with E-state index in [1.54, 1.807) is 7.05 Å². The molecule has 0 radical (unpaired) electrons. The number of esters is 1. The van der Waals surface area contributed by atoms with Gasteiger partial charge < -0.3 is 15.0 Å². The van der Waals surface area contributed by atoms with Crippen molar-refractivity contribution in [2.24, 2.45) is 16.8 Å². The molecule has 1 heterocycles. The van der Waals surface area contributed by atoms with Gasteiger partial charge >= 0.3 is 5.97 Å². The van der Waals surface area contributed by atoms with Crippen LogP contribution >= 0.6 is 0 Å². The zero-order valence-corrected chi connectivity index (χ0v) is 12.6. The average molecular weight is 269 g/mol. The number of methoxy groups -OCH3 is 1. The highest BCUT2D eigenvalue weighted by molar-refractivity contribution is 5.82. The highest BCUT2D eigenvalue weighted by atomic mass is 16.5. The van der Waals surface area contributed by atoms with Gasteiger partial charge in [0.05, 0.1) is 13.0 Å². The zero-order chi connectivity index (χ0) is 14.3. The van der Waals surface area contributed by atoms with Crippen molar-refractivity contribution < 1.29 is 9.53 Å². The largest absolute Gasteiger partial charge is 0.469 e. The number of hydrogen-bond acceptors (Lipinski definition) is 3. The Bertz CT molecular complexity index is 318. The van der Waals surface area contributed by atoms with Gasteiger partial charge in [0.15, 0.2) is 5.96 Å². The van der Waals surface area contributed by atoms with Gasteiger partial charge in [-0.25, -0.2) is 0 Å². The van der Waals surface area contributed by atoms with E-state index in [1.807, 2.05) is 0 Å². The molecule has 5 nitrogen and oxygen atoms in total. The maximum Gasteiger partial charge on any atom is 0.310 e. The van der Waals surface area contributed by atoms with E-state index in [4.69, 9.17) is 4.74 Å². The number of nitrogens with zero attached hydrogens (tertiary/aromatic N) is 2. The summed E-state index contributed by atoms with van der Waals surface area (Å²) >= 11 is 0. The maximum absolute atomic E-state index is 11.7. The summed E-state index contributed by atoms with van der Waals surface area (Å²) in [5.41, 5.74) is 0. The quantitative estimate of drug-likeness (QED) is 0.356. The Morgan fingerprint density at radius 1 is 1.42 bits per heavy atom. The molecule has 0 aromatic heterocycles. The van der Waals surface area contributed by atoms with E-state index >= 15 is 0 Å². The average Bonchev–Trinajstić information content (AvgIpc) is 2.80. The van der Waals surface area contributed by atoms with Crippen molar-refractivity contribution in [2.75, 3.05) is 33.8 Å². The van der Waals surface area contributed by atoms with Crippen molar-refractivity contribution >= 4 is 11.9 Å². The van der Waals surface area contributed by atoms with Gasteiger partial charge in [-0.3, -0.25) is 9.79 Å². The van der Waals surface area contributed by atoms with Crippen molar-refractivity contribution in [3.63, 3.8) is 0 Å². The molecular weight excluding hydrogens is 242 g/mol. The van der Waals surface area contributed by atoms with Gasteiger partial charge in [-0.15, -0.1) is 0 Å². The molecule has 1 N–H and O–H groups in total.